The predicted octanol–water partition coefficient (Wildman–Crippen LogP) is 11.0. The molecule has 234 valence electrons. The minimum atomic E-state index is -4.84. The van der Waals surface area contributed by atoms with Crippen LogP contribution in [-0.4, -0.2) is 4.21 Å². The zero-order valence-electron chi connectivity index (χ0n) is 26.6. The number of fused-ring (bicyclic) bond motifs is 5. The van der Waals surface area contributed by atoms with E-state index in [4.69, 9.17) is 27.4 Å². The molecule has 4 aliphatic rings. The SMILES string of the molecule is Cl.Cl.[CH2]=[Zr]([C]1=CC=CC1)([C]1=Cc2cc3c(cc2C1(C)C)Cc1cc2c(cc1-3)C=CC2(C)C)([c]1cccc(Cl)c1)[c]1cccc(Cl)c1. The molecule has 0 fully saturated rings. The number of hydrogen-bond donors (Lipinski definition) is 0. The van der Waals surface area contributed by atoms with Crippen LogP contribution < -0.4 is 6.54 Å². The molecule has 0 atom stereocenters. The first-order valence-corrected chi connectivity index (χ1v) is 23.0. The van der Waals surface area contributed by atoms with E-state index in [2.05, 4.69) is 125 Å². The van der Waals surface area contributed by atoms with Crippen LogP contribution in [-0.2, 0) is 35.5 Å². The second-order valence-corrected chi connectivity index (χ2v) is 28.2. The average molecular weight is 764 g/mol. The summed E-state index contributed by atoms with van der Waals surface area (Å²) in [5.41, 5.74) is 11.0. The van der Waals surface area contributed by atoms with E-state index in [9.17, 15) is 0 Å². The molecular weight excluding hydrogens is 725 g/mol. The summed E-state index contributed by atoms with van der Waals surface area (Å²) >= 11 is 8.76. The number of rotatable bonds is 4. The Bertz CT molecular complexity index is 2110. The van der Waals surface area contributed by atoms with Gasteiger partial charge in [-0.2, -0.15) is 0 Å². The van der Waals surface area contributed by atoms with Crippen molar-refractivity contribution in [3.05, 3.63) is 147 Å². The van der Waals surface area contributed by atoms with Crippen molar-refractivity contribution < 1.29 is 18.3 Å². The Hall–Kier alpha value is -2.25. The molecule has 0 nitrogen and oxygen atoms in total. The molecule has 4 aromatic rings. The van der Waals surface area contributed by atoms with Gasteiger partial charge in [-0.1, -0.05) is 0 Å². The van der Waals surface area contributed by atoms with E-state index in [1.807, 2.05) is 12.1 Å². The second kappa shape index (κ2) is 11.2. The molecule has 4 aliphatic carbocycles. The second-order valence-electron chi connectivity index (χ2n) is 14.4. The normalized spacial score (nSPS) is 17.7. The van der Waals surface area contributed by atoms with Crippen LogP contribution in [0.3, 0.4) is 0 Å². The van der Waals surface area contributed by atoms with Gasteiger partial charge >= 0.3 is 274 Å². The standard InChI is InChI=1S/C23H21.2C6H4Cl.C5H5.CH2.2ClH.Zr/c1-22(2)7-5-14-10-18-16(12-20(14)22)9-17-13-21-15(11-19(17)18)6-8-23(21,3)4;2*7-6-4-2-1-3-5-6;1-2-4-5-3-1;;;;/h5-7,10-13H,9H2,1-4H3;2*1-2,4-5H;1-3H,4H2;1H2;2*1H;. The van der Waals surface area contributed by atoms with Crippen molar-refractivity contribution in [3.8, 4) is 11.1 Å². The first-order valence-electron chi connectivity index (χ1n) is 15.6. The fourth-order valence-electron chi connectivity index (χ4n) is 8.94. The number of halogens is 4. The Labute approximate surface area is 296 Å². The maximum absolute atomic E-state index is 6.80. The number of hydrogen-bond acceptors (Lipinski definition) is 0. The molecule has 0 saturated heterocycles. The summed E-state index contributed by atoms with van der Waals surface area (Å²) in [4.78, 5) is 0. The minimum absolute atomic E-state index is 0. The Morgan fingerprint density at radius 2 is 1.33 bits per heavy atom. The number of benzene rings is 4. The van der Waals surface area contributed by atoms with Gasteiger partial charge in [-0.15, -0.1) is 24.8 Å². The third-order valence-corrected chi connectivity index (χ3v) is 28.7. The first kappa shape index (κ1) is 33.6. The van der Waals surface area contributed by atoms with Gasteiger partial charge in [0.1, 0.15) is 0 Å². The van der Waals surface area contributed by atoms with Crippen LogP contribution in [0, 0.1) is 0 Å². The molecule has 0 amide bonds. The van der Waals surface area contributed by atoms with Crippen LogP contribution in [0.5, 0.6) is 0 Å². The molecule has 0 unspecified atom stereocenters. The topological polar surface area (TPSA) is 0 Å². The summed E-state index contributed by atoms with van der Waals surface area (Å²) in [6, 6.07) is 26.9. The molecule has 0 heterocycles. The van der Waals surface area contributed by atoms with Crippen LogP contribution in [0.4, 0.5) is 0 Å². The monoisotopic (exact) mass is 760 g/mol. The van der Waals surface area contributed by atoms with Crippen LogP contribution in [0.1, 0.15) is 67.5 Å². The van der Waals surface area contributed by atoms with Crippen molar-refractivity contribution in [1.29, 1.82) is 0 Å². The summed E-state index contributed by atoms with van der Waals surface area (Å²) in [5, 5.41) is 1.49. The van der Waals surface area contributed by atoms with E-state index in [0.29, 0.717) is 0 Å². The van der Waals surface area contributed by atoms with E-state index >= 15 is 0 Å². The number of allylic oxidation sites excluding steroid dienone is 6. The molecule has 0 N–H and O–H groups in total. The summed E-state index contributed by atoms with van der Waals surface area (Å²) < 4.78 is 10.9. The summed E-state index contributed by atoms with van der Waals surface area (Å²) in [7, 11) is 0. The van der Waals surface area contributed by atoms with Crippen molar-refractivity contribution in [2.24, 2.45) is 0 Å². The molecule has 0 bridgehead atoms. The van der Waals surface area contributed by atoms with Crippen molar-refractivity contribution >= 4 is 70.9 Å². The Kier molecular flexibility index (Phi) is 8.16. The molecular formula is C41H38Cl4Zr. The van der Waals surface area contributed by atoms with Crippen LogP contribution in [0.2, 0.25) is 10.0 Å². The van der Waals surface area contributed by atoms with E-state index in [1.54, 1.807) is 0 Å². The van der Waals surface area contributed by atoms with E-state index < -0.39 is 18.3 Å². The molecule has 0 aliphatic heterocycles. The van der Waals surface area contributed by atoms with Crippen molar-refractivity contribution in [2.75, 3.05) is 0 Å². The van der Waals surface area contributed by atoms with Crippen LogP contribution in [0.15, 0.2) is 104 Å². The molecule has 8 rings (SSSR count). The molecule has 0 saturated carbocycles. The van der Waals surface area contributed by atoms with Gasteiger partial charge in [0.2, 0.25) is 0 Å². The fraction of sp³-hybridized carbons (Fsp3) is 0.195. The third kappa shape index (κ3) is 4.46. The molecule has 4 aromatic carbocycles. The Balaban J connectivity index is 0.00000186. The molecule has 5 heteroatoms. The molecule has 0 spiro atoms. The van der Waals surface area contributed by atoms with Crippen molar-refractivity contribution in [2.45, 2.75) is 51.4 Å². The van der Waals surface area contributed by atoms with Crippen LogP contribution in [0.25, 0.3) is 23.3 Å². The third-order valence-electron chi connectivity index (χ3n) is 11.2. The summed E-state index contributed by atoms with van der Waals surface area (Å²) in [5.74, 6) is 0. The molecule has 0 aromatic heterocycles. The predicted molar refractivity (Wildman–Crippen MR) is 203 cm³/mol. The van der Waals surface area contributed by atoms with Gasteiger partial charge in [0.15, 0.2) is 0 Å². The Morgan fingerprint density at radius 1 is 0.739 bits per heavy atom. The van der Waals surface area contributed by atoms with Gasteiger partial charge in [-0.05, 0) is 0 Å². The van der Waals surface area contributed by atoms with Gasteiger partial charge in [0, 0.05) is 0 Å². The van der Waals surface area contributed by atoms with E-state index in [0.717, 1.165) is 22.9 Å². The van der Waals surface area contributed by atoms with Gasteiger partial charge in [-0.3, -0.25) is 0 Å². The van der Waals surface area contributed by atoms with E-state index in [1.165, 1.54) is 57.6 Å². The quantitative estimate of drug-likeness (QED) is 0.171. The summed E-state index contributed by atoms with van der Waals surface area (Å²) in [6.07, 6.45) is 15.8. The van der Waals surface area contributed by atoms with Gasteiger partial charge < -0.3 is 0 Å². The van der Waals surface area contributed by atoms with Gasteiger partial charge in [0.25, 0.3) is 0 Å². The molecule has 46 heavy (non-hydrogen) atoms. The molecule has 0 radical (unpaired) electrons. The maximum atomic E-state index is 6.80. The zero-order valence-corrected chi connectivity index (χ0v) is 32.2. The fourth-order valence-corrected chi connectivity index (χ4v) is 26.8. The van der Waals surface area contributed by atoms with Crippen molar-refractivity contribution in [3.63, 3.8) is 0 Å². The van der Waals surface area contributed by atoms with Gasteiger partial charge in [0.05, 0.1) is 0 Å². The van der Waals surface area contributed by atoms with Crippen molar-refractivity contribution in [1.82, 2.24) is 0 Å². The average Bonchev–Trinajstić information content (AvgIpc) is 3.77. The van der Waals surface area contributed by atoms with E-state index in [-0.39, 0.29) is 35.6 Å². The Morgan fingerprint density at radius 3 is 1.89 bits per heavy atom. The van der Waals surface area contributed by atoms with Gasteiger partial charge in [-0.25, -0.2) is 0 Å². The van der Waals surface area contributed by atoms with Crippen LogP contribution >= 0.6 is 48.0 Å². The first-order chi connectivity index (χ1) is 20.9. The summed E-state index contributed by atoms with van der Waals surface area (Å²) in [6.45, 7) is 9.46. The zero-order chi connectivity index (χ0) is 30.7.